The van der Waals surface area contributed by atoms with Gasteiger partial charge < -0.3 is 9.79 Å². The summed E-state index contributed by atoms with van der Waals surface area (Å²) in [5.41, 5.74) is 0. The van der Waals surface area contributed by atoms with E-state index in [1.807, 2.05) is 0 Å². The number of hydrogen-bond acceptors (Lipinski definition) is 3. The summed E-state index contributed by atoms with van der Waals surface area (Å²) in [7, 11) is -4.44. The summed E-state index contributed by atoms with van der Waals surface area (Å²) in [6.45, 7) is 0.639. The molecule has 0 amide bonds. The Kier molecular flexibility index (Phi) is 7.27. The molecule has 0 aliphatic carbocycles. The van der Waals surface area contributed by atoms with Crippen molar-refractivity contribution in [3.8, 4) is 0 Å². The second kappa shape index (κ2) is 5.43. The van der Waals surface area contributed by atoms with E-state index in [0.29, 0.717) is 0 Å². The molecule has 5 nitrogen and oxygen atoms in total. The molecule has 0 atom stereocenters. The molecule has 2 N–H and O–H groups in total. The van der Waals surface area contributed by atoms with Crippen molar-refractivity contribution >= 4 is 43.2 Å². The SMILES string of the molecule is CC(=O)COP(=O)(O)O.[NaH]. The Labute approximate surface area is 80.3 Å². The van der Waals surface area contributed by atoms with Gasteiger partial charge in [0.05, 0.1) is 0 Å². The zero-order valence-corrected chi connectivity index (χ0v) is 5.67. The summed E-state index contributed by atoms with van der Waals surface area (Å²) < 4.78 is 13.7. The van der Waals surface area contributed by atoms with Crippen LogP contribution in [0, 0.1) is 0 Å². The Bertz CT molecular complexity index is 151. The van der Waals surface area contributed by atoms with Gasteiger partial charge in [0.15, 0.2) is 5.78 Å². The molecule has 0 aromatic rings. The predicted octanol–water partition coefficient (Wildman–Crippen LogP) is -0.964. The van der Waals surface area contributed by atoms with Crippen LogP contribution in [-0.2, 0) is 13.9 Å². The number of carbonyl (C=O) groups is 1. The first-order valence-corrected chi connectivity index (χ1v) is 3.64. The third kappa shape index (κ3) is 11.6. The van der Waals surface area contributed by atoms with Crippen LogP contribution < -0.4 is 0 Å². The Morgan fingerprint density at radius 3 is 2.10 bits per heavy atom. The van der Waals surface area contributed by atoms with Crippen molar-refractivity contribution in [3.63, 3.8) is 0 Å². The summed E-state index contributed by atoms with van der Waals surface area (Å²) in [5, 5.41) is 0. The number of phosphoric ester groups is 1. The normalized spacial score (nSPS) is 10.3. The summed E-state index contributed by atoms with van der Waals surface area (Å²) >= 11 is 0. The van der Waals surface area contributed by atoms with Crippen LogP contribution >= 0.6 is 7.82 Å². The van der Waals surface area contributed by atoms with Gasteiger partial charge in [0, 0.05) is 0 Å². The van der Waals surface area contributed by atoms with E-state index in [1.165, 1.54) is 6.92 Å². The maximum atomic E-state index is 10.0. The van der Waals surface area contributed by atoms with Crippen LogP contribution in [0.1, 0.15) is 6.92 Å². The van der Waals surface area contributed by atoms with Crippen molar-refractivity contribution in [2.45, 2.75) is 6.92 Å². The average Bonchev–Trinajstić information content (AvgIpc) is 1.59. The van der Waals surface area contributed by atoms with Crippen LogP contribution in [0.25, 0.3) is 0 Å². The third-order valence-corrected chi connectivity index (χ3v) is 0.901. The quantitative estimate of drug-likeness (QED) is 0.429. The van der Waals surface area contributed by atoms with Crippen molar-refractivity contribution in [2.24, 2.45) is 0 Å². The van der Waals surface area contributed by atoms with Crippen LogP contribution in [0.5, 0.6) is 0 Å². The van der Waals surface area contributed by atoms with Gasteiger partial charge >= 0.3 is 37.4 Å². The molecular weight excluding hydrogens is 170 g/mol. The minimum absolute atomic E-state index is 0. The molecule has 0 fully saturated rings. The van der Waals surface area contributed by atoms with Crippen LogP contribution in [-0.4, -0.2) is 51.7 Å². The molecule has 0 aromatic carbocycles. The van der Waals surface area contributed by atoms with E-state index in [9.17, 15) is 9.36 Å². The molecule has 0 spiro atoms. The molecule has 0 aliphatic heterocycles. The molecule has 0 saturated heterocycles. The summed E-state index contributed by atoms with van der Waals surface area (Å²) in [6.07, 6.45) is 0. The molecule has 0 bridgehead atoms. The van der Waals surface area contributed by atoms with Gasteiger partial charge in [-0.3, -0.25) is 9.32 Å². The van der Waals surface area contributed by atoms with Crippen LogP contribution in [0.15, 0.2) is 0 Å². The molecule has 0 aromatic heterocycles. The van der Waals surface area contributed by atoms with Crippen LogP contribution in [0.3, 0.4) is 0 Å². The van der Waals surface area contributed by atoms with E-state index < -0.39 is 20.2 Å². The van der Waals surface area contributed by atoms with Crippen LogP contribution in [0.4, 0.5) is 0 Å². The van der Waals surface area contributed by atoms with Gasteiger partial charge in [0.25, 0.3) is 0 Å². The van der Waals surface area contributed by atoms with Gasteiger partial charge in [-0.1, -0.05) is 0 Å². The van der Waals surface area contributed by atoms with E-state index in [1.54, 1.807) is 0 Å². The minimum atomic E-state index is -4.44. The fourth-order valence-corrected chi connectivity index (χ4v) is 0.525. The Balaban J connectivity index is 0. The summed E-state index contributed by atoms with van der Waals surface area (Å²) in [6, 6.07) is 0. The van der Waals surface area contributed by atoms with Crippen molar-refractivity contribution in [1.29, 1.82) is 0 Å². The van der Waals surface area contributed by atoms with Crippen molar-refractivity contribution < 1.29 is 23.7 Å². The zero-order chi connectivity index (χ0) is 7.49. The van der Waals surface area contributed by atoms with E-state index in [4.69, 9.17) is 9.79 Å². The first kappa shape index (κ1) is 13.4. The number of phosphoric acid groups is 1. The van der Waals surface area contributed by atoms with E-state index >= 15 is 0 Å². The number of rotatable bonds is 3. The molecule has 0 saturated carbocycles. The molecule has 0 rings (SSSR count). The molecule has 56 valence electrons. The number of carbonyl (C=O) groups excluding carboxylic acids is 1. The second-order valence-corrected chi connectivity index (χ2v) is 2.71. The molecule has 0 unspecified atom stereocenters. The summed E-state index contributed by atoms with van der Waals surface area (Å²) in [4.78, 5) is 26.0. The van der Waals surface area contributed by atoms with Gasteiger partial charge in [-0.15, -0.1) is 0 Å². The molecular formula is C3H8NaO5P. The fraction of sp³-hybridized carbons (Fsp3) is 0.667. The number of ketones is 1. The fourth-order valence-electron chi connectivity index (χ4n) is 0.175. The molecule has 10 heavy (non-hydrogen) atoms. The van der Waals surface area contributed by atoms with Crippen LogP contribution in [0.2, 0.25) is 0 Å². The van der Waals surface area contributed by atoms with Crippen molar-refractivity contribution in [1.82, 2.24) is 0 Å². The van der Waals surface area contributed by atoms with Crippen molar-refractivity contribution in [2.75, 3.05) is 6.61 Å². The molecule has 7 heteroatoms. The number of hydrogen-bond donors (Lipinski definition) is 2. The van der Waals surface area contributed by atoms with Gasteiger partial charge in [-0.2, -0.15) is 0 Å². The van der Waals surface area contributed by atoms with Gasteiger partial charge in [0.1, 0.15) is 6.61 Å². The Hall–Kier alpha value is 0.780. The first-order valence-electron chi connectivity index (χ1n) is 2.11. The Morgan fingerprint density at radius 1 is 1.60 bits per heavy atom. The third-order valence-electron chi connectivity index (χ3n) is 0.436. The Morgan fingerprint density at radius 2 is 2.00 bits per heavy atom. The summed E-state index contributed by atoms with van der Waals surface area (Å²) in [5.74, 6) is -0.418. The molecule has 0 radical (unpaired) electrons. The second-order valence-electron chi connectivity index (χ2n) is 1.47. The van der Waals surface area contributed by atoms with E-state index in [2.05, 4.69) is 4.52 Å². The van der Waals surface area contributed by atoms with Gasteiger partial charge in [0.2, 0.25) is 0 Å². The number of Topliss-reactive ketones (excluding diaryl/α,β-unsaturated/α-hetero) is 1. The standard InChI is InChI=1S/C3H7O5P.Na.H/c1-3(4)2-8-9(5,6)7;;/h2H2,1H3,(H2,5,6,7);;. The van der Waals surface area contributed by atoms with Gasteiger partial charge in [-0.25, -0.2) is 4.57 Å². The zero-order valence-electron chi connectivity index (χ0n) is 4.77. The molecule has 0 aliphatic rings. The van der Waals surface area contributed by atoms with Gasteiger partial charge in [-0.05, 0) is 6.92 Å². The van der Waals surface area contributed by atoms with E-state index in [0.717, 1.165) is 0 Å². The maximum absolute atomic E-state index is 10.0. The molecule has 0 heterocycles. The predicted molar refractivity (Wildman–Crippen MR) is 35.8 cm³/mol. The average molecular weight is 178 g/mol. The van der Waals surface area contributed by atoms with Crippen molar-refractivity contribution in [3.05, 3.63) is 0 Å². The topological polar surface area (TPSA) is 83.8 Å². The van der Waals surface area contributed by atoms with E-state index in [-0.39, 0.29) is 29.6 Å². The monoisotopic (exact) mass is 178 g/mol. The first-order chi connectivity index (χ1) is 3.92.